The van der Waals surface area contributed by atoms with Crippen molar-refractivity contribution >= 4 is 44.6 Å². The normalized spacial score (nSPS) is 11.7. The summed E-state index contributed by atoms with van der Waals surface area (Å²) in [6.45, 7) is 6.45. The van der Waals surface area contributed by atoms with Crippen molar-refractivity contribution in [3.8, 4) is 33.4 Å². The molecule has 8 rings (SSSR count). The second-order valence-corrected chi connectivity index (χ2v) is 11.5. The van der Waals surface area contributed by atoms with Crippen LogP contribution in [0, 0.1) is 6.92 Å². The third-order valence-corrected chi connectivity index (χ3v) is 8.64. The Balaban J connectivity index is 1.12. The lowest BCUT2D eigenvalue weighted by atomic mass is 9.98. The van der Waals surface area contributed by atoms with E-state index >= 15 is 0 Å². The van der Waals surface area contributed by atoms with Crippen LogP contribution in [0.3, 0.4) is 0 Å². The fourth-order valence-corrected chi connectivity index (χ4v) is 6.16. The fourth-order valence-electron chi connectivity index (χ4n) is 6.16. The Morgan fingerprint density at radius 3 is 1.80 bits per heavy atom. The standard InChI is InChI=1S/C43H30O2/c1-28(32-15-9-16-33(23-32)30-11-5-3-6-12-30)19-21-40-29(2)37-26-39-38-25-36(20-22-41(38)45-43(39)27-42(37)44-40)35-18-10-17-34(24-35)31-13-7-4-8-14-31/h3-27H,1H2,2H3/b21-19-. The summed E-state index contributed by atoms with van der Waals surface area (Å²) in [6, 6.07) is 48.7. The van der Waals surface area contributed by atoms with Gasteiger partial charge in [-0.3, -0.25) is 0 Å². The third kappa shape index (κ3) is 4.97. The average molecular weight is 579 g/mol. The smallest absolute Gasteiger partial charge is 0.139 e. The maximum Gasteiger partial charge on any atom is 0.139 e. The number of benzene rings is 6. The third-order valence-electron chi connectivity index (χ3n) is 8.64. The van der Waals surface area contributed by atoms with Gasteiger partial charge in [-0.25, -0.2) is 0 Å². The zero-order valence-electron chi connectivity index (χ0n) is 25.0. The number of hydrogen-bond acceptors (Lipinski definition) is 2. The first-order valence-electron chi connectivity index (χ1n) is 15.2. The molecule has 8 aromatic rings. The van der Waals surface area contributed by atoms with Gasteiger partial charge in [0.05, 0.1) is 0 Å². The second kappa shape index (κ2) is 11.0. The van der Waals surface area contributed by atoms with Crippen LogP contribution in [0.15, 0.2) is 161 Å². The highest BCUT2D eigenvalue weighted by molar-refractivity contribution is 6.11. The number of furan rings is 2. The highest BCUT2D eigenvalue weighted by Crippen LogP contribution is 2.38. The van der Waals surface area contributed by atoms with Gasteiger partial charge in [0.2, 0.25) is 0 Å². The van der Waals surface area contributed by atoms with Crippen molar-refractivity contribution in [2.45, 2.75) is 6.92 Å². The Morgan fingerprint density at radius 1 is 0.489 bits per heavy atom. The molecular weight excluding hydrogens is 548 g/mol. The van der Waals surface area contributed by atoms with Crippen LogP contribution in [0.5, 0.6) is 0 Å². The molecule has 0 bridgehead atoms. The quantitative estimate of drug-likeness (QED) is 0.183. The summed E-state index contributed by atoms with van der Waals surface area (Å²) in [5.74, 6) is 0.820. The van der Waals surface area contributed by atoms with E-state index < -0.39 is 0 Å². The number of fused-ring (bicyclic) bond motifs is 4. The minimum absolute atomic E-state index is 0.811. The largest absolute Gasteiger partial charge is 0.456 e. The molecular formula is C43H30O2. The van der Waals surface area contributed by atoms with E-state index in [2.05, 4.69) is 135 Å². The summed E-state index contributed by atoms with van der Waals surface area (Å²) < 4.78 is 12.6. The molecule has 0 unspecified atom stereocenters. The monoisotopic (exact) mass is 578 g/mol. The SMILES string of the molecule is C=C(/C=C\c1oc2cc3oc4ccc(-c5cccc(-c6ccccc6)c5)cc4c3cc2c1C)c1cccc(-c2ccccc2)c1. The highest BCUT2D eigenvalue weighted by atomic mass is 16.3. The predicted molar refractivity (Wildman–Crippen MR) is 189 cm³/mol. The Hall–Kier alpha value is -5.86. The van der Waals surface area contributed by atoms with Crippen LogP contribution in [0.4, 0.5) is 0 Å². The van der Waals surface area contributed by atoms with Gasteiger partial charge in [0.1, 0.15) is 22.5 Å². The molecule has 0 aliphatic rings. The van der Waals surface area contributed by atoms with E-state index in [0.717, 1.165) is 60.9 Å². The summed E-state index contributed by atoms with van der Waals surface area (Å²) in [7, 11) is 0. The summed E-state index contributed by atoms with van der Waals surface area (Å²) in [5, 5.41) is 3.26. The topological polar surface area (TPSA) is 26.3 Å². The Bertz CT molecular complexity index is 2380. The fraction of sp³-hybridized carbons (Fsp3) is 0.0233. The predicted octanol–water partition coefficient (Wildman–Crippen LogP) is 12.4. The van der Waals surface area contributed by atoms with Crippen LogP contribution in [0.25, 0.3) is 77.9 Å². The molecule has 0 spiro atoms. The molecule has 6 aromatic carbocycles. The number of hydrogen-bond donors (Lipinski definition) is 0. The maximum atomic E-state index is 6.34. The molecule has 2 nitrogen and oxygen atoms in total. The van der Waals surface area contributed by atoms with Gasteiger partial charge in [-0.05, 0) is 87.8 Å². The molecule has 0 saturated carbocycles. The van der Waals surface area contributed by atoms with E-state index in [1.165, 1.54) is 27.8 Å². The molecule has 0 N–H and O–H groups in total. The first kappa shape index (κ1) is 26.7. The number of allylic oxidation sites excluding steroid dienone is 2. The summed E-state index contributed by atoms with van der Waals surface area (Å²) in [4.78, 5) is 0. The van der Waals surface area contributed by atoms with Crippen molar-refractivity contribution < 1.29 is 8.83 Å². The Morgan fingerprint density at radius 2 is 1.07 bits per heavy atom. The van der Waals surface area contributed by atoms with Gasteiger partial charge in [-0.15, -0.1) is 0 Å². The van der Waals surface area contributed by atoms with Gasteiger partial charge in [-0.1, -0.05) is 116 Å². The molecule has 0 radical (unpaired) electrons. The first-order valence-corrected chi connectivity index (χ1v) is 15.2. The van der Waals surface area contributed by atoms with Crippen LogP contribution >= 0.6 is 0 Å². The van der Waals surface area contributed by atoms with E-state index in [0.29, 0.717) is 0 Å². The highest BCUT2D eigenvalue weighted by Gasteiger charge is 2.15. The van der Waals surface area contributed by atoms with Crippen LogP contribution in [-0.2, 0) is 0 Å². The van der Waals surface area contributed by atoms with E-state index in [1.54, 1.807) is 0 Å². The molecule has 0 aliphatic heterocycles. The summed E-state index contributed by atoms with van der Waals surface area (Å²) >= 11 is 0. The van der Waals surface area contributed by atoms with Gasteiger partial charge in [-0.2, -0.15) is 0 Å². The van der Waals surface area contributed by atoms with E-state index in [4.69, 9.17) is 8.83 Å². The van der Waals surface area contributed by atoms with Gasteiger partial charge < -0.3 is 8.83 Å². The van der Waals surface area contributed by atoms with Crippen molar-refractivity contribution in [1.29, 1.82) is 0 Å². The minimum atomic E-state index is 0.811. The zero-order chi connectivity index (χ0) is 30.3. The van der Waals surface area contributed by atoms with Crippen molar-refractivity contribution in [3.63, 3.8) is 0 Å². The van der Waals surface area contributed by atoms with Crippen LogP contribution in [0.2, 0.25) is 0 Å². The lowest BCUT2D eigenvalue weighted by Crippen LogP contribution is -1.82. The minimum Gasteiger partial charge on any atom is -0.456 e. The van der Waals surface area contributed by atoms with E-state index in [9.17, 15) is 0 Å². The maximum absolute atomic E-state index is 6.34. The zero-order valence-corrected chi connectivity index (χ0v) is 25.0. The van der Waals surface area contributed by atoms with Crippen LogP contribution < -0.4 is 0 Å². The molecule has 2 heterocycles. The van der Waals surface area contributed by atoms with Crippen molar-refractivity contribution in [1.82, 2.24) is 0 Å². The number of aryl methyl sites for hydroxylation is 1. The van der Waals surface area contributed by atoms with Crippen LogP contribution in [-0.4, -0.2) is 0 Å². The average Bonchev–Trinajstić information content (AvgIpc) is 3.62. The lowest BCUT2D eigenvalue weighted by molar-refractivity contribution is 0.599. The van der Waals surface area contributed by atoms with Gasteiger partial charge in [0.25, 0.3) is 0 Å². The molecule has 2 heteroatoms. The Kier molecular flexibility index (Phi) is 6.54. The molecule has 214 valence electrons. The molecule has 45 heavy (non-hydrogen) atoms. The Labute approximate surface area is 262 Å². The van der Waals surface area contributed by atoms with Crippen LogP contribution in [0.1, 0.15) is 16.9 Å². The lowest BCUT2D eigenvalue weighted by Gasteiger charge is -2.06. The second-order valence-electron chi connectivity index (χ2n) is 11.5. The van der Waals surface area contributed by atoms with Gasteiger partial charge in [0.15, 0.2) is 0 Å². The molecule has 0 atom stereocenters. The molecule has 0 fully saturated rings. The summed E-state index contributed by atoms with van der Waals surface area (Å²) in [5.41, 5.74) is 12.7. The molecule has 0 saturated heterocycles. The molecule has 0 aliphatic carbocycles. The van der Waals surface area contributed by atoms with Gasteiger partial charge >= 0.3 is 0 Å². The first-order chi connectivity index (χ1) is 22.1. The van der Waals surface area contributed by atoms with Crippen molar-refractivity contribution in [2.75, 3.05) is 0 Å². The molecule has 0 amide bonds. The number of rotatable bonds is 6. The van der Waals surface area contributed by atoms with Crippen molar-refractivity contribution in [3.05, 3.63) is 169 Å². The van der Waals surface area contributed by atoms with Gasteiger partial charge in [0, 0.05) is 27.8 Å². The molecule has 2 aromatic heterocycles. The van der Waals surface area contributed by atoms with E-state index in [1.807, 2.05) is 30.4 Å². The summed E-state index contributed by atoms with van der Waals surface area (Å²) in [6.07, 6.45) is 4.05. The van der Waals surface area contributed by atoms with Crippen molar-refractivity contribution in [2.24, 2.45) is 0 Å². The van der Waals surface area contributed by atoms with E-state index in [-0.39, 0.29) is 0 Å².